The third kappa shape index (κ3) is 3.47. The molecule has 48 heavy (non-hydrogen) atoms. The zero-order chi connectivity index (χ0) is 31.6. The Morgan fingerprint density at radius 3 is 2.25 bits per heavy atom. The van der Waals surface area contributed by atoms with Crippen LogP contribution in [0.4, 0.5) is 11.6 Å². The lowest BCUT2D eigenvalue weighted by Crippen LogP contribution is -2.42. The van der Waals surface area contributed by atoms with Crippen LogP contribution >= 0.6 is 22.7 Å². The maximum Gasteiger partial charge on any atom is 0.231 e. The molecule has 1 aliphatic heterocycles. The molecule has 0 saturated carbocycles. The molecule has 9 aromatic rings. The van der Waals surface area contributed by atoms with Crippen molar-refractivity contribution in [2.75, 3.05) is 4.90 Å². The summed E-state index contributed by atoms with van der Waals surface area (Å²) in [5.41, 5.74) is 5.19. The molecule has 1 aliphatic carbocycles. The average molecular weight is 650 g/mol. The van der Waals surface area contributed by atoms with Gasteiger partial charge in [0, 0.05) is 57.9 Å². The Bertz CT molecular complexity index is 2880. The van der Waals surface area contributed by atoms with Crippen LogP contribution in [0, 0.1) is 0 Å². The summed E-state index contributed by atoms with van der Waals surface area (Å²) >= 11 is 3.79. The molecule has 4 heterocycles. The van der Waals surface area contributed by atoms with E-state index in [0.29, 0.717) is 0 Å². The zero-order valence-corrected chi connectivity index (χ0v) is 27.6. The molecule has 11 rings (SSSR count). The molecule has 0 N–H and O–H groups in total. The highest BCUT2D eigenvalue weighted by atomic mass is 32.1. The van der Waals surface area contributed by atoms with Crippen LogP contribution in [0.2, 0.25) is 0 Å². The first-order valence-electron chi connectivity index (χ1n) is 16.4. The number of para-hydroxylation sites is 1. The molecule has 2 aliphatic rings. The van der Waals surface area contributed by atoms with Crippen molar-refractivity contribution in [3.63, 3.8) is 0 Å². The van der Waals surface area contributed by atoms with Crippen LogP contribution in [0.3, 0.4) is 0 Å². The van der Waals surface area contributed by atoms with Gasteiger partial charge in [-0.15, -0.1) is 22.7 Å². The Kier molecular flexibility index (Phi) is 5.34. The predicted octanol–water partition coefficient (Wildman–Crippen LogP) is 12.3. The first-order valence-corrected chi connectivity index (χ1v) is 18.0. The van der Waals surface area contributed by atoms with Gasteiger partial charge in [-0.25, -0.2) is 9.97 Å². The van der Waals surface area contributed by atoms with Crippen LogP contribution in [0.5, 0.6) is 0 Å². The fourth-order valence-corrected chi connectivity index (χ4v) is 10.7. The third-order valence-electron chi connectivity index (χ3n) is 10.5. The minimum absolute atomic E-state index is 0.173. The van der Waals surface area contributed by atoms with Gasteiger partial charge < -0.3 is 0 Å². The number of allylic oxidation sites excluding steroid dienone is 2. The smallest absolute Gasteiger partial charge is 0.231 e. The van der Waals surface area contributed by atoms with Crippen molar-refractivity contribution in [3.05, 3.63) is 145 Å². The van der Waals surface area contributed by atoms with E-state index in [-0.39, 0.29) is 11.5 Å². The number of thiophene rings is 2. The number of anilines is 2. The number of hydrogen-bond acceptors (Lipinski definition) is 5. The number of fused-ring (bicyclic) bond motifs is 14. The first kappa shape index (κ1) is 26.7. The van der Waals surface area contributed by atoms with Gasteiger partial charge in [0.1, 0.15) is 0 Å². The minimum atomic E-state index is -0.364. The van der Waals surface area contributed by atoms with Crippen LogP contribution in [0.1, 0.15) is 18.4 Å². The van der Waals surface area contributed by atoms with Crippen LogP contribution in [0.25, 0.3) is 73.3 Å². The van der Waals surface area contributed by atoms with E-state index in [4.69, 9.17) is 9.97 Å². The monoisotopic (exact) mass is 649 g/mol. The first-order chi connectivity index (χ1) is 23.7. The Hall–Kier alpha value is -5.36. The summed E-state index contributed by atoms with van der Waals surface area (Å²) in [6, 6.07) is 41.8. The van der Waals surface area contributed by atoms with E-state index >= 15 is 0 Å². The van der Waals surface area contributed by atoms with Gasteiger partial charge >= 0.3 is 0 Å². The molecule has 3 nitrogen and oxygen atoms in total. The van der Waals surface area contributed by atoms with Crippen molar-refractivity contribution in [3.8, 4) is 11.3 Å². The lowest BCUT2D eigenvalue weighted by atomic mass is 9.80. The van der Waals surface area contributed by atoms with Gasteiger partial charge in [-0.1, -0.05) is 115 Å². The standard InChI is InChI=1S/C43H27N3S2/c1-43-24-10-9-15-31(43)27-20-21-30-38-35(23-19-25-18-22-34-37(36(25)38)29-14-6-8-17-33(29)47-34)48-41(30)40(27)46(43)42-44-32-16-7-5-13-28(32)39(45-42)26-11-3-2-4-12-26/h2-24,31H,1H3. The molecule has 6 aromatic carbocycles. The van der Waals surface area contributed by atoms with E-state index in [1.54, 1.807) is 0 Å². The molecule has 0 saturated heterocycles. The fourth-order valence-electron chi connectivity index (χ4n) is 8.34. The summed E-state index contributed by atoms with van der Waals surface area (Å²) in [5, 5.41) is 9.05. The topological polar surface area (TPSA) is 29.0 Å². The summed E-state index contributed by atoms with van der Waals surface area (Å²) in [7, 11) is 0. The Morgan fingerprint density at radius 1 is 0.625 bits per heavy atom. The number of benzene rings is 6. The van der Waals surface area contributed by atoms with Crippen LogP contribution in [-0.4, -0.2) is 15.5 Å². The Balaban J connectivity index is 1.26. The van der Waals surface area contributed by atoms with E-state index in [1.807, 2.05) is 22.7 Å². The van der Waals surface area contributed by atoms with Crippen molar-refractivity contribution in [1.82, 2.24) is 9.97 Å². The summed E-state index contributed by atoms with van der Waals surface area (Å²) in [4.78, 5) is 13.2. The van der Waals surface area contributed by atoms with Crippen LogP contribution in [0.15, 0.2) is 140 Å². The second-order valence-electron chi connectivity index (χ2n) is 13.1. The zero-order valence-electron chi connectivity index (χ0n) is 26.0. The number of aromatic nitrogens is 2. The largest absolute Gasteiger partial charge is 0.298 e. The molecule has 0 amide bonds. The molecular formula is C43H27N3S2. The lowest BCUT2D eigenvalue weighted by Gasteiger charge is -2.38. The Labute approximate surface area is 284 Å². The van der Waals surface area contributed by atoms with E-state index < -0.39 is 0 Å². The molecule has 0 fully saturated rings. The molecule has 3 aromatic heterocycles. The Morgan fingerprint density at radius 2 is 1.38 bits per heavy atom. The van der Waals surface area contributed by atoms with Gasteiger partial charge in [0.15, 0.2) is 0 Å². The van der Waals surface area contributed by atoms with Gasteiger partial charge in [-0.2, -0.15) is 0 Å². The molecule has 2 atom stereocenters. The van der Waals surface area contributed by atoms with Crippen LogP contribution in [-0.2, 0) is 0 Å². The molecule has 226 valence electrons. The highest BCUT2D eigenvalue weighted by Gasteiger charge is 2.49. The van der Waals surface area contributed by atoms with Crippen molar-refractivity contribution < 1.29 is 0 Å². The maximum atomic E-state index is 5.43. The lowest BCUT2D eigenvalue weighted by molar-refractivity contribution is 0.536. The van der Waals surface area contributed by atoms with Crippen LogP contribution < -0.4 is 4.90 Å². The van der Waals surface area contributed by atoms with Gasteiger partial charge in [0.05, 0.1) is 27.1 Å². The minimum Gasteiger partial charge on any atom is -0.298 e. The molecule has 2 unspecified atom stereocenters. The molecule has 0 bridgehead atoms. The van der Waals surface area contributed by atoms with Gasteiger partial charge in [0.25, 0.3) is 0 Å². The average Bonchev–Trinajstić information content (AvgIpc) is 3.79. The highest BCUT2D eigenvalue weighted by molar-refractivity contribution is 7.27. The normalized spacial score (nSPS) is 18.6. The second kappa shape index (κ2) is 9.60. The molecule has 5 heteroatoms. The van der Waals surface area contributed by atoms with E-state index in [2.05, 4.69) is 151 Å². The quantitative estimate of drug-likeness (QED) is 0.187. The number of hydrogen-bond donors (Lipinski definition) is 0. The third-order valence-corrected chi connectivity index (χ3v) is 12.8. The summed E-state index contributed by atoms with van der Waals surface area (Å²) in [6.45, 7) is 2.34. The maximum absolute atomic E-state index is 5.43. The predicted molar refractivity (Wildman–Crippen MR) is 206 cm³/mol. The van der Waals surface area contributed by atoms with Gasteiger partial charge in [-0.3, -0.25) is 4.90 Å². The second-order valence-corrected chi connectivity index (χ2v) is 15.2. The summed E-state index contributed by atoms with van der Waals surface area (Å²) in [5.74, 6) is 0.909. The number of nitrogens with zero attached hydrogens (tertiary/aromatic N) is 3. The SMILES string of the molecule is CC12C=CC=CC1c1ccc3c(sc4ccc5ccc6sc7ccccc7c6c5c43)c1N2c1nc(-c2ccccc2)c2ccccc2n1. The van der Waals surface area contributed by atoms with E-state index in [1.165, 1.54) is 62.4 Å². The summed E-state index contributed by atoms with van der Waals surface area (Å²) < 4.78 is 5.28. The van der Waals surface area contributed by atoms with Crippen molar-refractivity contribution in [2.24, 2.45) is 0 Å². The van der Waals surface area contributed by atoms with Crippen molar-refractivity contribution >= 4 is 96.3 Å². The van der Waals surface area contributed by atoms with E-state index in [9.17, 15) is 0 Å². The van der Waals surface area contributed by atoms with Gasteiger partial charge in [-0.05, 0) is 42.1 Å². The molecule has 0 spiro atoms. The summed E-state index contributed by atoms with van der Waals surface area (Å²) in [6.07, 6.45) is 9.07. The van der Waals surface area contributed by atoms with E-state index in [0.717, 1.165) is 28.1 Å². The highest BCUT2D eigenvalue weighted by Crippen LogP contribution is 2.58. The number of rotatable bonds is 2. The fraction of sp³-hybridized carbons (Fsp3) is 0.0698. The van der Waals surface area contributed by atoms with Crippen molar-refractivity contribution in [2.45, 2.75) is 18.4 Å². The van der Waals surface area contributed by atoms with Gasteiger partial charge in [0.2, 0.25) is 5.95 Å². The molecular weight excluding hydrogens is 623 g/mol. The molecule has 0 radical (unpaired) electrons. The van der Waals surface area contributed by atoms with Crippen molar-refractivity contribution in [1.29, 1.82) is 0 Å².